The molecule has 1 saturated carbocycles. The fourth-order valence-electron chi connectivity index (χ4n) is 4.60. The molecule has 2 aliphatic heterocycles. The largest absolute Gasteiger partial charge is 0.391 e. The molecule has 166 valence electrons. The van der Waals surface area contributed by atoms with E-state index in [-0.39, 0.29) is 0 Å². The predicted octanol–water partition coefficient (Wildman–Crippen LogP) is 2.53. The summed E-state index contributed by atoms with van der Waals surface area (Å²) in [6.07, 6.45) is 13.1. The van der Waals surface area contributed by atoms with E-state index in [2.05, 4.69) is 27.2 Å². The fraction of sp³-hybridized carbons (Fsp3) is 0.458. The summed E-state index contributed by atoms with van der Waals surface area (Å²) in [7, 11) is -1.10. The molecule has 2 atom stereocenters. The van der Waals surface area contributed by atoms with Gasteiger partial charge in [-0.05, 0) is 50.3 Å². The third-order valence-corrected chi connectivity index (χ3v) is 8.30. The number of aromatic nitrogens is 3. The summed E-state index contributed by atoms with van der Waals surface area (Å²) in [5.74, 6) is 4.45. The van der Waals surface area contributed by atoms with Crippen molar-refractivity contribution in [2.24, 2.45) is 0 Å². The normalized spacial score (nSPS) is 22.3. The number of aliphatic hydroxyl groups is 1. The van der Waals surface area contributed by atoms with Crippen LogP contribution in [0.4, 0.5) is 11.8 Å². The molecule has 32 heavy (non-hydrogen) atoms. The number of hydrogen-bond acceptors (Lipinski definition) is 7. The minimum absolute atomic E-state index is 0.391. The molecule has 2 N–H and O–H groups in total. The van der Waals surface area contributed by atoms with Gasteiger partial charge < -0.3 is 15.3 Å². The van der Waals surface area contributed by atoms with Crippen molar-refractivity contribution >= 4 is 28.1 Å². The van der Waals surface area contributed by atoms with Crippen LogP contribution in [0.2, 0.25) is 0 Å². The van der Waals surface area contributed by atoms with Crippen LogP contribution in [0.3, 0.4) is 0 Å². The summed E-state index contributed by atoms with van der Waals surface area (Å²) in [6.45, 7) is 3.26. The van der Waals surface area contributed by atoms with Crippen LogP contribution in [0.5, 0.6) is 0 Å². The van der Waals surface area contributed by atoms with E-state index in [0.717, 1.165) is 49.2 Å². The number of nitrogens with one attached hydrogen (secondary N) is 1. The Morgan fingerprint density at radius 1 is 1.31 bits per heavy atom. The summed E-state index contributed by atoms with van der Waals surface area (Å²) in [6, 6.07) is 3.88. The van der Waals surface area contributed by atoms with E-state index < -0.39 is 22.4 Å². The molecule has 4 heterocycles. The molecule has 0 aromatic carbocycles. The van der Waals surface area contributed by atoms with Gasteiger partial charge in [0.1, 0.15) is 10.7 Å². The first-order valence-corrected chi connectivity index (χ1v) is 12.4. The van der Waals surface area contributed by atoms with Gasteiger partial charge in [-0.2, -0.15) is 4.98 Å². The second-order valence-corrected chi connectivity index (χ2v) is 10.3. The fourth-order valence-corrected chi connectivity index (χ4v) is 5.91. The van der Waals surface area contributed by atoms with Crippen molar-refractivity contribution in [2.45, 2.75) is 55.6 Å². The molecule has 8 heteroatoms. The molecule has 2 aromatic heterocycles. The van der Waals surface area contributed by atoms with Gasteiger partial charge in [0.15, 0.2) is 0 Å². The molecule has 0 bridgehead atoms. The number of fused-ring (bicyclic) bond motifs is 1. The minimum atomic E-state index is -1.10. The zero-order valence-corrected chi connectivity index (χ0v) is 19.0. The molecule has 1 aliphatic carbocycles. The van der Waals surface area contributed by atoms with Gasteiger partial charge >= 0.3 is 0 Å². The molecule has 0 unspecified atom stereocenters. The van der Waals surface area contributed by atoms with E-state index >= 15 is 0 Å². The number of anilines is 2. The summed E-state index contributed by atoms with van der Waals surface area (Å²) in [5, 5.41) is 13.9. The van der Waals surface area contributed by atoms with Gasteiger partial charge in [-0.15, -0.1) is 6.42 Å². The van der Waals surface area contributed by atoms with Gasteiger partial charge in [0.25, 0.3) is 0 Å². The van der Waals surface area contributed by atoms with Crippen LogP contribution in [0.25, 0.3) is 5.57 Å². The minimum Gasteiger partial charge on any atom is -0.391 e. The number of aliphatic hydroxyl groups excluding tert-OH is 1. The number of pyridine rings is 1. The zero-order valence-electron chi connectivity index (χ0n) is 18.2. The van der Waals surface area contributed by atoms with Crippen molar-refractivity contribution in [1.82, 2.24) is 15.0 Å². The average molecular weight is 450 g/mol. The first-order valence-electron chi connectivity index (χ1n) is 11.1. The van der Waals surface area contributed by atoms with Crippen LogP contribution in [-0.4, -0.2) is 54.8 Å². The average Bonchev–Trinajstić information content (AvgIpc) is 3.17. The predicted molar refractivity (Wildman–Crippen MR) is 126 cm³/mol. The number of hydrogen-bond donors (Lipinski definition) is 2. The Morgan fingerprint density at radius 2 is 2.16 bits per heavy atom. The van der Waals surface area contributed by atoms with E-state index in [1.54, 1.807) is 6.20 Å². The van der Waals surface area contributed by atoms with E-state index in [4.69, 9.17) is 16.4 Å². The van der Waals surface area contributed by atoms with Gasteiger partial charge in [-0.3, -0.25) is 9.19 Å². The monoisotopic (exact) mass is 449 g/mol. The highest BCUT2D eigenvalue weighted by Gasteiger charge is 2.43. The van der Waals surface area contributed by atoms with Gasteiger partial charge in [0, 0.05) is 37.0 Å². The van der Waals surface area contributed by atoms with Crippen molar-refractivity contribution in [3.63, 3.8) is 0 Å². The smallest absolute Gasteiger partial charge is 0.227 e. The van der Waals surface area contributed by atoms with E-state index in [1.807, 2.05) is 19.1 Å². The Hall–Kier alpha value is -2.76. The Morgan fingerprint density at radius 3 is 2.75 bits per heavy atom. The molecule has 0 spiro atoms. The van der Waals surface area contributed by atoms with Gasteiger partial charge in [-0.1, -0.05) is 12.0 Å². The Bertz CT molecular complexity index is 1130. The van der Waals surface area contributed by atoms with Crippen LogP contribution in [-0.2, 0) is 17.2 Å². The Balaban J connectivity index is 1.41. The second kappa shape index (κ2) is 8.30. The molecular formula is C24H27N5O2S. The lowest BCUT2D eigenvalue weighted by molar-refractivity contribution is 0.0631. The molecule has 0 radical (unpaired) electrons. The molecule has 5 rings (SSSR count). The van der Waals surface area contributed by atoms with Crippen molar-refractivity contribution < 1.29 is 9.32 Å². The topological polar surface area (TPSA) is 91.2 Å². The Kier molecular flexibility index (Phi) is 5.48. The molecule has 2 aromatic rings. The maximum atomic E-state index is 12.7. The maximum Gasteiger partial charge on any atom is 0.227 e. The molecule has 3 aliphatic rings. The lowest BCUT2D eigenvalue weighted by Gasteiger charge is -2.45. The van der Waals surface area contributed by atoms with Crippen LogP contribution in [0.15, 0.2) is 29.3 Å². The van der Waals surface area contributed by atoms with Crippen molar-refractivity contribution in [3.05, 3.63) is 41.4 Å². The third kappa shape index (κ3) is 3.70. The van der Waals surface area contributed by atoms with Crippen LogP contribution in [0.1, 0.15) is 49.6 Å². The zero-order chi connectivity index (χ0) is 22.3. The summed E-state index contributed by atoms with van der Waals surface area (Å²) >= 11 is 0. The number of rotatable bonds is 5. The van der Waals surface area contributed by atoms with Gasteiger partial charge in [-0.25, -0.2) is 4.98 Å². The lowest BCUT2D eigenvalue weighted by atomic mass is 9.73. The molecule has 7 nitrogen and oxygen atoms in total. The van der Waals surface area contributed by atoms with Gasteiger partial charge in [0.2, 0.25) is 5.95 Å². The second-order valence-electron chi connectivity index (χ2n) is 8.76. The van der Waals surface area contributed by atoms with Crippen LogP contribution >= 0.6 is 0 Å². The third-order valence-electron chi connectivity index (χ3n) is 6.84. The number of nitrogens with zero attached hydrogens (tertiary/aromatic N) is 4. The van der Waals surface area contributed by atoms with E-state index in [1.165, 1.54) is 5.57 Å². The molecule has 0 saturated heterocycles. The molecule has 1 fully saturated rings. The Labute approximate surface area is 190 Å². The summed E-state index contributed by atoms with van der Waals surface area (Å²) in [5.41, 5.74) is 3.37. The number of aryl methyl sites for hydroxylation is 1. The molecule has 0 amide bonds. The first-order chi connectivity index (χ1) is 15.5. The SMILES string of the molecule is C#Cc1ccc(C2=CCN(c3nc4c(c(NC5([C@H](C)O)CCC5)n3)[S@](=O)CC4)CC2)nc1. The summed E-state index contributed by atoms with van der Waals surface area (Å²) in [4.78, 5) is 16.9. The highest BCUT2D eigenvalue weighted by atomic mass is 32.2. The number of terminal acetylenes is 1. The standard InChI is InChI=1S/C24H27N5O2S/c1-3-17-5-6-19(25-15-17)18-7-12-29(13-8-18)23-26-20-9-14-32(31)21(20)22(27-23)28-24(16(2)30)10-4-11-24/h1,5-7,15-16,30H,4,8-14H2,2H3,(H,26,27,28)/t16-,32+/m0/s1. The van der Waals surface area contributed by atoms with Crippen molar-refractivity contribution in [2.75, 3.05) is 29.1 Å². The lowest BCUT2D eigenvalue weighted by Crippen LogP contribution is -2.53. The van der Waals surface area contributed by atoms with Crippen molar-refractivity contribution in [3.8, 4) is 12.3 Å². The van der Waals surface area contributed by atoms with E-state index in [0.29, 0.717) is 35.4 Å². The van der Waals surface area contributed by atoms with Gasteiger partial charge in [0.05, 0.1) is 33.8 Å². The summed E-state index contributed by atoms with van der Waals surface area (Å²) < 4.78 is 12.7. The first kappa shape index (κ1) is 21.1. The highest BCUT2D eigenvalue weighted by molar-refractivity contribution is 7.85. The quantitative estimate of drug-likeness (QED) is 0.678. The molecular weight excluding hydrogens is 422 g/mol. The highest BCUT2D eigenvalue weighted by Crippen LogP contribution is 2.40. The maximum absolute atomic E-state index is 12.7. The van der Waals surface area contributed by atoms with Crippen LogP contribution < -0.4 is 10.2 Å². The van der Waals surface area contributed by atoms with Crippen molar-refractivity contribution in [1.29, 1.82) is 0 Å². The van der Waals surface area contributed by atoms with E-state index in [9.17, 15) is 9.32 Å². The van der Waals surface area contributed by atoms with Crippen LogP contribution in [0, 0.1) is 12.3 Å².